The van der Waals surface area contributed by atoms with Gasteiger partial charge in [-0.05, 0) is 42.0 Å². The van der Waals surface area contributed by atoms with Crippen molar-refractivity contribution < 1.29 is 22.1 Å². The highest BCUT2D eigenvalue weighted by atomic mass is 32.2. The Bertz CT molecular complexity index is 840. The predicted octanol–water partition coefficient (Wildman–Crippen LogP) is 2.33. The van der Waals surface area contributed by atoms with Crippen LogP contribution in [0.25, 0.3) is 10.1 Å². The lowest BCUT2D eigenvalue weighted by Gasteiger charge is -2.29. The van der Waals surface area contributed by atoms with Crippen LogP contribution in [0.3, 0.4) is 0 Å². The van der Waals surface area contributed by atoms with Crippen molar-refractivity contribution in [2.75, 3.05) is 25.1 Å². The number of benzene rings is 1. The summed E-state index contributed by atoms with van der Waals surface area (Å²) >= 11 is 1.34. The zero-order valence-electron chi connectivity index (χ0n) is 12.2. The summed E-state index contributed by atoms with van der Waals surface area (Å²) < 4.78 is 35.7. The third-order valence-electron chi connectivity index (χ3n) is 3.66. The van der Waals surface area contributed by atoms with E-state index in [4.69, 9.17) is 4.74 Å². The van der Waals surface area contributed by atoms with E-state index in [9.17, 15) is 13.2 Å². The zero-order chi connectivity index (χ0) is 15.9. The van der Waals surface area contributed by atoms with Crippen molar-refractivity contribution in [3.05, 3.63) is 28.6 Å². The number of rotatable bonds is 3. The molecule has 0 spiro atoms. The van der Waals surface area contributed by atoms with E-state index in [1.807, 2.05) is 6.07 Å². The normalized spacial score (nSPS) is 14.9. The van der Waals surface area contributed by atoms with Crippen molar-refractivity contribution >= 4 is 43.4 Å². The van der Waals surface area contributed by atoms with Crippen molar-refractivity contribution in [3.8, 4) is 0 Å². The molecule has 0 atom stereocenters. The number of hydrogen-bond donors (Lipinski definition) is 0. The van der Waals surface area contributed by atoms with Gasteiger partial charge in [-0.3, -0.25) is 4.18 Å². The largest absolute Gasteiger partial charge is 0.465 e. The molecule has 0 radical (unpaired) electrons. The summed E-state index contributed by atoms with van der Waals surface area (Å²) in [7, 11) is -1.28. The lowest BCUT2D eigenvalue weighted by Crippen LogP contribution is -2.36. The number of hydrogen-bond acceptors (Lipinski definition) is 6. The van der Waals surface area contributed by atoms with Gasteiger partial charge in [-0.1, -0.05) is 0 Å². The summed E-state index contributed by atoms with van der Waals surface area (Å²) in [6.45, 7) is 0.392. The molecule has 1 aromatic heterocycles. The number of carbonyl (C=O) groups is 1. The Balaban J connectivity index is 2.15. The molecule has 0 bridgehead atoms. The molecule has 3 rings (SSSR count). The molecule has 0 aliphatic carbocycles. The summed E-state index contributed by atoms with van der Waals surface area (Å²) in [4.78, 5) is 12.1. The number of anilines is 1. The fourth-order valence-electron chi connectivity index (χ4n) is 2.61. The van der Waals surface area contributed by atoms with E-state index in [0.29, 0.717) is 17.1 Å². The first-order valence-electron chi connectivity index (χ1n) is 6.69. The van der Waals surface area contributed by atoms with Gasteiger partial charge in [0.1, 0.15) is 4.88 Å². The molecule has 1 aliphatic rings. The number of methoxy groups -OCH3 is 1. The molecule has 0 unspecified atom stereocenters. The lowest BCUT2D eigenvalue weighted by atomic mass is 10.0. The van der Waals surface area contributed by atoms with Crippen LogP contribution in [-0.4, -0.2) is 35.2 Å². The SMILES string of the molecule is COC(=O)c1cc2cc3c(cc2s1)CCCN3S(=O)(=O)OC. The smallest absolute Gasteiger partial charge is 0.362 e. The molecule has 0 saturated heterocycles. The summed E-state index contributed by atoms with van der Waals surface area (Å²) in [5, 5.41) is 0.822. The van der Waals surface area contributed by atoms with Crippen molar-refractivity contribution in [2.45, 2.75) is 12.8 Å². The summed E-state index contributed by atoms with van der Waals surface area (Å²) in [5.41, 5.74) is 1.56. The Morgan fingerprint density at radius 2 is 2.05 bits per heavy atom. The molecule has 1 aromatic carbocycles. The Labute approximate surface area is 132 Å². The van der Waals surface area contributed by atoms with Crippen LogP contribution >= 0.6 is 11.3 Å². The van der Waals surface area contributed by atoms with E-state index in [0.717, 1.165) is 35.6 Å². The van der Waals surface area contributed by atoms with Crippen LogP contribution < -0.4 is 4.31 Å². The molecular formula is C14H15NO5S2. The zero-order valence-corrected chi connectivity index (χ0v) is 13.8. The lowest BCUT2D eigenvalue weighted by molar-refractivity contribution is 0.0606. The summed E-state index contributed by atoms with van der Waals surface area (Å²) in [5.74, 6) is -0.388. The third kappa shape index (κ3) is 2.47. The number of carbonyl (C=O) groups excluding carboxylic acids is 1. The van der Waals surface area contributed by atoms with Gasteiger partial charge >= 0.3 is 16.3 Å². The molecule has 8 heteroatoms. The van der Waals surface area contributed by atoms with Crippen LogP contribution in [0.4, 0.5) is 5.69 Å². The van der Waals surface area contributed by atoms with Crippen LogP contribution in [-0.2, 0) is 25.6 Å². The molecule has 2 heterocycles. The first-order valence-corrected chi connectivity index (χ1v) is 8.87. The van der Waals surface area contributed by atoms with E-state index >= 15 is 0 Å². The van der Waals surface area contributed by atoms with E-state index < -0.39 is 10.3 Å². The van der Waals surface area contributed by atoms with Crippen LogP contribution in [0, 0.1) is 0 Å². The first kappa shape index (κ1) is 15.3. The number of fused-ring (bicyclic) bond motifs is 2. The fourth-order valence-corrected chi connectivity index (χ4v) is 4.58. The highest BCUT2D eigenvalue weighted by Gasteiger charge is 2.28. The first-order chi connectivity index (χ1) is 10.5. The highest BCUT2D eigenvalue weighted by molar-refractivity contribution is 7.88. The quantitative estimate of drug-likeness (QED) is 0.801. The molecular weight excluding hydrogens is 326 g/mol. The van der Waals surface area contributed by atoms with Gasteiger partial charge in [0, 0.05) is 11.2 Å². The van der Waals surface area contributed by atoms with Gasteiger partial charge in [0.25, 0.3) is 0 Å². The van der Waals surface area contributed by atoms with Crippen molar-refractivity contribution in [1.29, 1.82) is 0 Å². The maximum absolute atomic E-state index is 12.0. The average Bonchev–Trinajstić information content (AvgIpc) is 2.93. The van der Waals surface area contributed by atoms with Crippen LogP contribution in [0.1, 0.15) is 21.7 Å². The summed E-state index contributed by atoms with van der Waals surface area (Å²) in [6, 6.07) is 5.46. The molecule has 0 saturated carbocycles. The fraction of sp³-hybridized carbons (Fsp3) is 0.357. The number of nitrogens with zero attached hydrogens (tertiary/aromatic N) is 1. The summed E-state index contributed by atoms with van der Waals surface area (Å²) in [6.07, 6.45) is 1.53. The second-order valence-electron chi connectivity index (χ2n) is 4.92. The van der Waals surface area contributed by atoms with Gasteiger partial charge in [0.15, 0.2) is 0 Å². The van der Waals surface area contributed by atoms with E-state index in [1.54, 1.807) is 12.1 Å². The van der Waals surface area contributed by atoms with E-state index in [-0.39, 0.29) is 5.97 Å². The molecule has 2 aromatic rings. The Kier molecular flexibility index (Phi) is 3.84. The van der Waals surface area contributed by atoms with E-state index in [1.165, 1.54) is 22.8 Å². The topological polar surface area (TPSA) is 72.9 Å². The predicted molar refractivity (Wildman–Crippen MR) is 84.8 cm³/mol. The number of aryl methyl sites for hydroxylation is 1. The van der Waals surface area contributed by atoms with Crippen molar-refractivity contribution in [1.82, 2.24) is 0 Å². The Morgan fingerprint density at radius 3 is 2.73 bits per heavy atom. The van der Waals surface area contributed by atoms with Crippen LogP contribution in [0.2, 0.25) is 0 Å². The number of ether oxygens (including phenoxy) is 1. The van der Waals surface area contributed by atoms with Crippen LogP contribution in [0.5, 0.6) is 0 Å². The average molecular weight is 341 g/mol. The van der Waals surface area contributed by atoms with Crippen molar-refractivity contribution in [3.63, 3.8) is 0 Å². The van der Waals surface area contributed by atoms with Crippen LogP contribution in [0.15, 0.2) is 18.2 Å². The maximum atomic E-state index is 12.0. The van der Waals surface area contributed by atoms with Gasteiger partial charge in [-0.15, -0.1) is 11.3 Å². The van der Waals surface area contributed by atoms with Gasteiger partial charge in [0.2, 0.25) is 0 Å². The molecule has 0 fully saturated rings. The van der Waals surface area contributed by atoms with Crippen molar-refractivity contribution in [2.24, 2.45) is 0 Å². The molecule has 22 heavy (non-hydrogen) atoms. The minimum atomic E-state index is -3.77. The second-order valence-corrected chi connectivity index (χ2v) is 7.63. The number of thiophene rings is 1. The Hall–Kier alpha value is -1.64. The second kappa shape index (κ2) is 5.53. The molecule has 0 amide bonds. The molecule has 1 aliphatic heterocycles. The minimum Gasteiger partial charge on any atom is -0.465 e. The molecule has 118 valence electrons. The van der Waals surface area contributed by atoms with Gasteiger partial charge < -0.3 is 4.74 Å². The van der Waals surface area contributed by atoms with Gasteiger partial charge in [-0.2, -0.15) is 8.42 Å². The highest BCUT2D eigenvalue weighted by Crippen LogP contribution is 2.36. The molecule has 0 N–H and O–H groups in total. The minimum absolute atomic E-state index is 0.388. The standard InChI is InChI=1S/C14H15NO5S2/c1-19-14(16)13-8-10-6-11-9(7-12(10)21-13)4-3-5-15(11)22(17,18)20-2/h6-8H,3-5H2,1-2H3. The van der Waals surface area contributed by atoms with Gasteiger partial charge in [0.05, 0.1) is 19.9 Å². The van der Waals surface area contributed by atoms with Gasteiger partial charge in [-0.25, -0.2) is 9.10 Å². The number of esters is 1. The van der Waals surface area contributed by atoms with E-state index in [2.05, 4.69) is 4.18 Å². The Morgan fingerprint density at radius 1 is 1.27 bits per heavy atom. The third-order valence-corrected chi connectivity index (χ3v) is 6.08. The maximum Gasteiger partial charge on any atom is 0.362 e. The monoisotopic (exact) mass is 341 g/mol. The molecule has 6 nitrogen and oxygen atoms in total.